The Labute approximate surface area is 228 Å². The highest BCUT2D eigenvalue weighted by Crippen LogP contribution is 2.23. The van der Waals surface area contributed by atoms with Crippen LogP contribution in [0.1, 0.15) is 11.3 Å². The van der Waals surface area contributed by atoms with Crippen LogP contribution >= 0.6 is 0 Å². The summed E-state index contributed by atoms with van der Waals surface area (Å²) >= 11 is 0. The van der Waals surface area contributed by atoms with Crippen LogP contribution in [0.2, 0.25) is 0 Å². The van der Waals surface area contributed by atoms with Gasteiger partial charge in [0.25, 0.3) is 0 Å². The van der Waals surface area contributed by atoms with E-state index in [2.05, 4.69) is 10.2 Å². The number of furan rings is 1. The van der Waals surface area contributed by atoms with E-state index in [4.69, 9.17) is 9.15 Å². The van der Waals surface area contributed by atoms with Gasteiger partial charge in [0.1, 0.15) is 12.3 Å². The van der Waals surface area contributed by atoms with Gasteiger partial charge in [0, 0.05) is 38.1 Å². The molecule has 39 heavy (non-hydrogen) atoms. The van der Waals surface area contributed by atoms with Crippen molar-refractivity contribution in [3.63, 3.8) is 0 Å². The van der Waals surface area contributed by atoms with Crippen LogP contribution in [0.5, 0.6) is 0 Å². The fraction of sp³-hybridized carbons (Fsp3) is 0.290. The molecular weight excluding hydrogens is 492 g/mol. The summed E-state index contributed by atoms with van der Waals surface area (Å²) < 4.78 is 11.0. The SMILES string of the molecule is O=C(CN(CCN1CCOCC1)C(=O)Nc1cccc2ccccc12)N(Cc1ccccc1)Cc1ccco1. The topological polar surface area (TPSA) is 78.3 Å². The first-order valence-electron chi connectivity index (χ1n) is 13.3. The van der Waals surface area contributed by atoms with Gasteiger partial charge < -0.3 is 24.3 Å². The van der Waals surface area contributed by atoms with E-state index >= 15 is 0 Å². The Hall–Kier alpha value is -4.14. The molecule has 8 nitrogen and oxygen atoms in total. The van der Waals surface area contributed by atoms with Gasteiger partial charge in [0.2, 0.25) is 5.91 Å². The summed E-state index contributed by atoms with van der Waals surface area (Å²) in [5.41, 5.74) is 1.73. The van der Waals surface area contributed by atoms with E-state index in [1.165, 1.54) is 0 Å². The molecule has 0 radical (unpaired) electrons. The number of rotatable bonds is 10. The molecule has 3 aromatic carbocycles. The van der Waals surface area contributed by atoms with Gasteiger partial charge in [0.05, 0.1) is 31.7 Å². The first kappa shape index (κ1) is 26.5. The lowest BCUT2D eigenvalue weighted by atomic mass is 10.1. The summed E-state index contributed by atoms with van der Waals surface area (Å²) in [6, 6.07) is 27.0. The van der Waals surface area contributed by atoms with E-state index in [0.29, 0.717) is 45.2 Å². The van der Waals surface area contributed by atoms with E-state index < -0.39 is 0 Å². The molecule has 5 rings (SSSR count). The number of hydrogen-bond acceptors (Lipinski definition) is 5. The molecular formula is C31H34N4O4. The van der Waals surface area contributed by atoms with Gasteiger partial charge in [0.15, 0.2) is 0 Å². The predicted octanol–water partition coefficient (Wildman–Crippen LogP) is 4.83. The summed E-state index contributed by atoms with van der Waals surface area (Å²) in [5, 5.41) is 5.06. The largest absolute Gasteiger partial charge is 0.467 e. The van der Waals surface area contributed by atoms with Crippen molar-refractivity contribution in [2.75, 3.05) is 51.3 Å². The number of ether oxygens (including phenoxy) is 1. The lowest BCUT2D eigenvalue weighted by molar-refractivity contribution is -0.133. The number of urea groups is 1. The van der Waals surface area contributed by atoms with E-state index in [0.717, 1.165) is 35.1 Å². The van der Waals surface area contributed by atoms with Crippen molar-refractivity contribution >= 4 is 28.4 Å². The molecule has 2 heterocycles. The van der Waals surface area contributed by atoms with Crippen LogP contribution in [0.3, 0.4) is 0 Å². The molecule has 0 aliphatic carbocycles. The predicted molar refractivity (Wildman–Crippen MR) is 151 cm³/mol. The maximum Gasteiger partial charge on any atom is 0.322 e. The fourth-order valence-electron chi connectivity index (χ4n) is 4.76. The van der Waals surface area contributed by atoms with Crippen LogP contribution in [0, 0.1) is 0 Å². The monoisotopic (exact) mass is 526 g/mol. The van der Waals surface area contributed by atoms with Gasteiger partial charge in [-0.15, -0.1) is 0 Å². The molecule has 0 saturated carbocycles. The Morgan fingerprint density at radius 3 is 2.38 bits per heavy atom. The number of hydrogen-bond donors (Lipinski definition) is 1. The van der Waals surface area contributed by atoms with Gasteiger partial charge in [-0.2, -0.15) is 0 Å². The number of carbonyl (C=O) groups excluding carboxylic acids is 2. The summed E-state index contributed by atoms with van der Waals surface area (Å²) in [5.74, 6) is 0.546. The third-order valence-electron chi connectivity index (χ3n) is 6.93. The number of amides is 3. The van der Waals surface area contributed by atoms with Crippen molar-refractivity contribution in [1.29, 1.82) is 0 Å². The van der Waals surface area contributed by atoms with Crippen LogP contribution in [0.25, 0.3) is 10.8 Å². The molecule has 3 amide bonds. The Morgan fingerprint density at radius 1 is 0.821 bits per heavy atom. The smallest absolute Gasteiger partial charge is 0.322 e. The first-order valence-corrected chi connectivity index (χ1v) is 13.3. The Kier molecular flexibility index (Phi) is 8.88. The number of nitrogens with one attached hydrogen (secondary N) is 1. The Balaban J connectivity index is 1.34. The minimum Gasteiger partial charge on any atom is -0.467 e. The van der Waals surface area contributed by atoms with E-state index in [1.807, 2.05) is 84.9 Å². The maximum absolute atomic E-state index is 13.7. The second kappa shape index (κ2) is 13.1. The Morgan fingerprint density at radius 2 is 1.59 bits per heavy atom. The van der Waals surface area contributed by atoms with Gasteiger partial charge in [-0.05, 0) is 29.1 Å². The minimum absolute atomic E-state index is 0.0471. The number of carbonyl (C=O) groups is 2. The van der Waals surface area contributed by atoms with Crippen molar-refractivity contribution in [2.24, 2.45) is 0 Å². The normalized spacial score (nSPS) is 13.7. The van der Waals surface area contributed by atoms with Crippen LogP contribution < -0.4 is 5.32 Å². The van der Waals surface area contributed by atoms with Gasteiger partial charge >= 0.3 is 6.03 Å². The molecule has 0 unspecified atom stereocenters. The molecule has 0 bridgehead atoms. The summed E-state index contributed by atoms with van der Waals surface area (Å²) in [6.07, 6.45) is 1.60. The van der Waals surface area contributed by atoms with Gasteiger partial charge in [-0.3, -0.25) is 9.69 Å². The van der Waals surface area contributed by atoms with Crippen molar-refractivity contribution in [3.8, 4) is 0 Å². The van der Waals surface area contributed by atoms with E-state index in [1.54, 1.807) is 16.1 Å². The zero-order chi connectivity index (χ0) is 26.9. The zero-order valence-electron chi connectivity index (χ0n) is 22.0. The van der Waals surface area contributed by atoms with Crippen LogP contribution in [0.15, 0.2) is 95.6 Å². The third-order valence-corrected chi connectivity index (χ3v) is 6.93. The highest BCUT2D eigenvalue weighted by molar-refractivity contribution is 6.02. The molecule has 1 aromatic heterocycles. The van der Waals surface area contributed by atoms with Gasteiger partial charge in [-0.1, -0.05) is 66.7 Å². The number of anilines is 1. The summed E-state index contributed by atoms with van der Waals surface area (Å²) in [7, 11) is 0. The van der Waals surface area contributed by atoms with Crippen LogP contribution in [-0.2, 0) is 22.6 Å². The number of fused-ring (bicyclic) bond motifs is 1. The third kappa shape index (κ3) is 7.25. The highest BCUT2D eigenvalue weighted by Gasteiger charge is 2.24. The standard InChI is InChI=1S/C31H34N4O4/c36-30(35(23-27-12-7-19-39-27)22-25-8-2-1-3-9-25)24-34(16-15-33-17-20-38-21-18-33)31(37)32-29-14-6-11-26-10-4-5-13-28(26)29/h1-14,19H,15-18,20-24H2,(H,32,37). The molecule has 1 N–H and O–H groups in total. The molecule has 1 fully saturated rings. The quantitative estimate of drug-likeness (QED) is 0.320. The molecule has 1 saturated heterocycles. The molecule has 1 aliphatic heterocycles. The second-order valence-electron chi connectivity index (χ2n) is 9.65. The van der Waals surface area contributed by atoms with Crippen LogP contribution in [0.4, 0.5) is 10.5 Å². The lowest BCUT2D eigenvalue weighted by Crippen LogP contribution is -2.48. The van der Waals surface area contributed by atoms with Crippen molar-refractivity contribution in [2.45, 2.75) is 13.1 Å². The number of benzene rings is 3. The number of nitrogens with zero attached hydrogens (tertiary/aromatic N) is 3. The Bertz CT molecular complexity index is 1350. The lowest BCUT2D eigenvalue weighted by Gasteiger charge is -2.31. The molecule has 1 aliphatic rings. The maximum atomic E-state index is 13.7. The van der Waals surface area contributed by atoms with Crippen LogP contribution in [-0.4, -0.2) is 72.6 Å². The van der Waals surface area contributed by atoms with Crippen molar-refractivity contribution in [3.05, 3.63) is 103 Å². The van der Waals surface area contributed by atoms with Gasteiger partial charge in [-0.25, -0.2) is 4.79 Å². The summed E-state index contributed by atoms with van der Waals surface area (Å²) in [6.45, 7) is 4.75. The second-order valence-corrected chi connectivity index (χ2v) is 9.65. The molecule has 0 spiro atoms. The zero-order valence-corrected chi connectivity index (χ0v) is 22.0. The highest BCUT2D eigenvalue weighted by atomic mass is 16.5. The van der Waals surface area contributed by atoms with E-state index in [9.17, 15) is 9.59 Å². The molecule has 0 atom stereocenters. The minimum atomic E-state index is -0.300. The van der Waals surface area contributed by atoms with Crippen molar-refractivity contribution in [1.82, 2.24) is 14.7 Å². The molecule has 202 valence electrons. The fourth-order valence-corrected chi connectivity index (χ4v) is 4.76. The average Bonchev–Trinajstić information content (AvgIpc) is 3.49. The molecule has 8 heteroatoms. The first-order chi connectivity index (χ1) is 19.2. The molecule has 4 aromatic rings. The van der Waals surface area contributed by atoms with E-state index in [-0.39, 0.29) is 18.5 Å². The van der Waals surface area contributed by atoms with Crippen molar-refractivity contribution < 1.29 is 18.7 Å². The average molecular weight is 527 g/mol. The summed E-state index contributed by atoms with van der Waals surface area (Å²) in [4.78, 5) is 33.0. The number of morpholine rings is 1.